The minimum absolute atomic E-state index is 0.250. The molecule has 1 N–H and O–H groups in total. The molecule has 1 aromatic heterocycles. The minimum Gasteiger partial charge on any atom is -0.337 e. The third-order valence-corrected chi connectivity index (χ3v) is 5.03. The van der Waals surface area contributed by atoms with E-state index < -0.39 is 0 Å². The van der Waals surface area contributed by atoms with E-state index in [1.54, 1.807) is 12.1 Å². The first-order valence-electron chi connectivity index (χ1n) is 7.95. The van der Waals surface area contributed by atoms with Gasteiger partial charge in [0.15, 0.2) is 4.77 Å². The van der Waals surface area contributed by atoms with Crippen LogP contribution in [0.2, 0.25) is 0 Å². The molecule has 0 aliphatic heterocycles. The zero-order valence-electron chi connectivity index (χ0n) is 14.4. The number of hydrogen-bond acceptors (Lipinski definition) is 1. The van der Waals surface area contributed by atoms with Crippen molar-refractivity contribution >= 4 is 12.2 Å². The summed E-state index contributed by atoms with van der Waals surface area (Å²) >= 11 is 5.47. The van der Waals surface area contributed by atoms with Gasteiger partial charge in [-0.25, -0.2) is 4.39 Å². The van der Waals surface area contributed by atoms with Crippen LogP contribution in [-0.4, -0.2) is 9.55 Å². The van der Waals surface area contributed by atoms with Crippen molar-refractivity contribution < 1.29 is 4.39 Å². The van der Waals surface area contributed by atoms with Crippen molar-refractivity contribution in [1.29, 1.82) is 0 Å². The van der Waals surface area contributed by atoms with Gasteiger partial charge in [0, 0.05) is 17.3 Å². The average Bonchev–Trinajstić information content (AvgIpc) is 2.93. The lowest BCUT2D eigenvalue weighted by atomic mass is 9.80. The van der Waals surface area contributed by atoms with Gasteiger partial charge in [0.2, 0.25) is 0 Å². The van der Waals surface area contributed by atoms with E-state index in [1.807, 2.05) is 10.8 Å². The van der Waals surface area contributed by atoms with Crippen LogP contribution in [0.3, 0.4) is 0 Å². The Kier molecular flexibility index (Phi) is 4.18. The fraction of sp³-hybridized carbons (Fsp3) is 0.250. The molecule has 0 spiro atoms. The van der Waals surface area contributed by atoms with Gasteiger partial charge in [-0.3, -0.25) is 4.57 Å². The van der Waals surface area contributed by atoms with Gasteiger partial charge in [0.1, 0.15) is 5.82 Å². The summed E-state index contributed by atoms with van der Waals surface area (Å²) in [4.78, 5) is 3.14. The number of aryl methyl sites for hydroxylation is 2. The minimum atomic E-state index is -0.254. The monoisotopic (exact) mass is 340 g/mol. The molecule has 0 aliphatic carbocycles. The highest BCUT2D eigenvalue weighted by atomic mass is 32.1. The smallest absolute Gasteiger partial charge is 0.182 e. The normalized spacial score (nSPS) is 11.7. The van der Waals surface area contributed by atoms with Gasteiger partial charge in [-0.05, 0) is 67.0 Å². The summed E-state index contributed by atoms with van der Waals surface area (Å²) in [5.41, 5.74) is 5.41. The first-order chi connectivity index (χ1) is 11.3. The maximum absolute atomic E-state index is 13.3. The number of benzene rings is 2. The first-order valence-corrected chi connectivity index (χ1v) is 8.36. The molecule has 0 fully saturated rings. The van der Waals surface area contributed by atoms with Crippen LogP contribution < -0.4 is 0 Å². The zero-order chi connectivity index (χ0) is 17.5. The summed E-state index contributed by atoms with van der Waals surface area (Å²) in [6.45, 7) is 8.59. The van der Waals surface area contributed by atoms with Gasteiger partial charge in [-0.2, -0.15) is 0 Å². The second kappa shape index (κ2) is 6.02. The van der Waals surface area contributed by atoms with Gasteiger partial charge in [0.25, 0.3) is 0 Å². The molecule has 0 saturated carbocycles. The maximum atomic E-state index is 13.3. The van der Waals surface area contributed by atoms with Crippen LogP contribution in [0.4, 0.5) is 4.39 Å². The Morgan fingerprint density at radius 2 is 1.67 bits per heavy atom. The largest absolute Gasteiger partial charge is 0.337 e. The van der Waals surface area contributed by atoms with E-state index in [9.17, 15) is 4.39 Å². The summed E-state index contributed by atoms with van der Waals surface area (Å²) in [5, 5.41) is 0. The molecule has 124 valence electrons. The van der Waals surface area contributed by atoms with Gasteiger partial charge in [-0.15, -0.1) is 0 Å². The summed E-state index contributed by atoms with van der Waals surface area (Å²) < 4.78 is 15.8. The van der Waals surface area contributed by atoms with Gasteiger partial charge >= 0.3 is 0 Å². The van der Waals surface area contributed by atoms with E-state index in [0.717, 1.165) is 11.4 Å². The molecular weight excluding hydrogens is 319 g/mol. The van der Waals surface area contributed by atoms with Crippen molar-refractivity contribution in [3.05, 3.63) is 81.6 Å². The lowest BCUT2D eigenvalue weighted by molar-refractivity contribution is 0.599. The molecular formula is C20H21FN2S. The molecule has 0 atom stereocenters. The van der Waals surface area contributed by atoms with Crippen LogP contribution in [0.1, 0.15) is 36.2 Å². The van der Waals surface area contributed by atoms with Crippen molar-refractivity contribution in [2.75, 3.05) is 0 Å². The molecule has 0 unspecified atom stereocenters. The number of aromatic nitrogens is 2. The lowest BCUT2D eigenvalue weighted by Crippen LogP contribution is -2.23. The number of rotatable bonds is 3. The molecule has 0 radical (unpaired) electrons. The topological polar surface area (TPSA) is 20.7 Å². The fourth-order valence-electron chi connectivity index (χ4n) is 2.95. The summed E-state index contributed by atoms with van der Waals surface area (Å²) in [6.07, 6.45) is 1.95. The first kappa shape index (κ1) is 16.7. The highest BCUT2D eigenvalue weighted by Crippen LogP contribution is 2.34. The van der Waals surface area contributed by atoms with Crippen LogP contribution in [-0.2, 0) is 5.41 Å². The van der Waals surface area contributed by atoms with Crippen LogP contribution in [0.5, 0.6) is 0 Å². The standard InChI is InChI=1S/C20H21FN2S/c1-13-5-6-15(11-14(13)2)20(3,4)18-12-22-19(24)23(18)17-9-7-16(21)8-10-17/h5-12H,1-4H3,(H,22,24). The fourth-order valence-corrected chi connectivity index (χ4v) is 3.22. The quantitative estimate of drug-likeness (QED) is 0.614. The van der Waals surface area contributed by atoms with E-state index in [1.165, 1.54) is 28.8 Å². The number of halogens is 1. The summed E-state index contributed by atoms with van der Waals surface area (Å²) in [5.74, 6) is -0.254. The SMILES string of the molecule is Cc1ccc(C(C)(C)c2c[nH]c(=S)n2-c2ccc(F)cc2)cc1C. The highest BCUT2D eigenvalue weighted by Gasteiger charge is 2.28. The van der Waals surface area contributed by atoms with E-state index >= 15 is 0 Å². The van der Waals surface area contributed by atoms with Crippen molar-refractivity contribution in [1.82, 2.24) is 9.55 Å². The molecule has 0 aliphatic rings. The maximum Gasteiger partial charge on any atom is 0.182 e. The van der Waals surface area contributed by atoms with Crippen LogP contribution >= 0.6 is 12.2 Å². The number of imidazole rings is 1. The molecule has 2 nitrogen and oxygen atoms in total. The number of aromatic amines is 1. The van der Waals surface area contributed by atoms with Gasteiger partial charge in [0.05, 0.1) is 5.69 Å². The molecule has 0 saturated heterocycles. The third-order valence-electron chi connectivity index (χ3n) is 4.73. The van der Waals surface area contributed by atoms with Crippen molar-refractivity contribution in [3.63, 3.8) is 0 Å². The van der Waals surface area contributed by atoms with Crippen molar-refractivity contribution in [3.8, 4) is 5.69 Å². The zero-order valence-corrected chi connectivity index (χ0v) is 15.2. The second-order valence-electron chi connectivity index (χ2n) is 6.71. The Balaban J connectivity index is 2.17. The number of nitrogens with zero attached hydrogens (tertiary/aromatic N) is 1. The van der Waals surface area contributed by atoms with Gasteiger partial charge < -0.3 is 4.98 Å². The number of hydrogen-bond donors (Lipinski definition) is 1. The molecule has 3 rings (SSSR count). The third kappa shape index (κ3) is 2.82. The Labute approximate surface area is 147 Å². The van der Waals surface area contributed by atoms with Crippen LogP contribution in [0.15, 0.2) is 48.7 Å². The molecule has 4 heteroatoms. The molecule has 24 heavy (non-hydrogen) atoms. The molecule has 3 aromatic rings. The molecule has 1 heterocycles. The van der Waals surface area contributed by atoms with Crippen molar-refractivity contribution in [2.45, 2.75) is 33.1 Å². The van der Waals surface area contributed by atoms with E-state index in [4.69, 9.17) is 12.2 Å². The van der Waals surface area contributed by atoms with E-state index in [2.05, 4.69) is 50.9 Å². The molecule has 2 aromatic carbocycles. The molecule has 0 amide bonds. The van der Waals surface area contributed by atoms with Crippen LogP contribution in [0, 0.1) is 24.4 Å². The van der Waals surface area contributed by atoms with Gasteiger partial charge in [-0.1, -0.05) is 32.0 Å². The lowest BCUT2D eigenvalue weighted by Gasteiger charge is -2.27. The number of H-pyrrole nitrogens is 1. The average molecular weight is 340 g/mol. The van der Waals surface area contributed by atoms with Crippen molar-refractivity contribution in [2.24, 2.45) is 0 Å². The second-order valence-corrected chi connectivity index (χ2v) is 7.10. The van der Waals surface area contributed by atoms with Crippen LogP contribution in [0.25, 0.3) is 5.69 Å². The summed E-state index contributed by atoms with van der Waals surface area (Å²) in [6, 6.07) is 12.9. The predicted octanol–water partition coefficient (Wildman–Crippen LogP) is 5.62. The van der Waals surface area contributed by atoms with E-state index in [-0.39, 0.29) is 11.2 Å². The Bertz CT molecular complexity index is 933. The van der Waals surface area contributed by atoms with E-state index in [0.29, 0.717) is 4.77 Å². The number of nitrogens with one attached hydrogen (secondary N) is 1. The Morgan fingerprint density at radius 3 is 2.29 bits per heavy atom. The predicted molar refractivity (Wildman–Crippen MR) is 99.0 cm³/mol. The Morgan fingerprint density at radius 1 is 1.00 bits per heavy atom. The Hall–Kier alpha value is -2.20. The molecule has 0 bridgehead atoms. The highest BCUT2D eigenvalue weighted by molar-refractivity contribution is 7.71. The summed E-state index contributed by atoms with van der Waals surface area (Å²) in [7, 11) is 0.